The maximum Gasteiger partial charge on any atom is 0.240 e. The minimum absolute atomic E-state index is 0.310. The third kappa shape index (κ3) is 3.92. The van der Waals surface area contributed by atoms with Crippen molar-refractivity contribution in [2.75, 3.05) is 11.1 Å². The predicted octanol–water partition coefficient (Wildman–Crippen LogP) is 3.17. The Labute approximate surface area is 134 Å². The quantitative estimate of drug-likeness (QED) is 0.816. The lowest BCUT2D eigenvalue weighted by molar-refractivity contribution is -0.115. The highest BCUT2D eigenvalue weighted by Crippen LogP contribution is 2.22. The first-order valence-corrected chi connectivity index (χ1v) is 8.31. The molecule has 2 aromatic carbocycles. The summed E-state index contributed by atoms with van der Waals surface area (Å²) in [6.07, 6.45) is 0. The second kappa shape index (κ2) is 6.87. The Morgan fingerprint density at radius 2 is 1.95 bits per heavy atom. The molecule has 0 aliphatic heterocycles. The number of carbonyl (C=O) groups is 1. The van der Waals surface area contributed by atoms with Crippen molar-refractivity contribution < 1.29 is 9.00 Å². The average molecular weight is 367 g/mol. The molecule has 6 heteroatoms. The smallest absolute Gasteiger partial charge is 0.240 e. The van der Waals surface area contributed by atoms with E-state index in [0.29, 0.717) is 16.3 Å². The Kier molecular flexibility index (Phi) is 5.14. The molecule has 4 nitrogen and oxygen atoms in total. The summed E-state index contributed by atoms with van der Waals surface area (Å²) in [6, 6.07) is 14.1. The highest BCUT2D eigenvalue weighted by atomic mass is 79.9. The van der Waals surface area contributed by atoms with E-state index in [0.717, 1.165) is 4.47 Å². The fourth-order valence-electron chi connectivity index (χ4n) is 1.76. The first kappa shape index (κ1) is 15.7. The largest absolute Gasteiger partial charge is 0.399 e. The zero-order valence-corrected chi connectivity index (χ0v) is 13.8. The Morgan fingerprint density at radius 3 is 2.62 bits per heavy atom. The second-order valence-corrected chi connectivity index (χ2v) is 7.08. The van der Waals surface area contributed by atoms with Crippen LogP contribution in [0.25, 0.3) is 0 Å². The summed E-state index contributed by atoms with van der Waals surface area (Å²) < 4.78 is 13.2. The van der Waals surface area contributed by atoms with Gasteiger partial charge in [-0.05, 0) is 53.2 Å². The van der Waals surface area contributed by atoms with Crippen LogP contribution in [0.1, 0.15) is 6.92 Å². The zero-order chi connectivity index (χ0) is 15.4. The van der Waals surface area contributed by atoms with Gasteiger partial charge in [0, 0.05) is 15.8 Å². The molecule has 2 unspecified atom stereocenters. The van der Waals surface area contributed by atoms with Gasteiger partial charge in [0.15, 0.2) is 0 Å². The van der Waals surface area contributed by atoms with Gasteiger partial charge in [0.25, 0.3) is 0 Å². The van der Waals surface area contributed by atoms with Crippen LogP contribution in [0.5, 0.6) is 0 Å². The van der Waals surface area contributed by atoms with Gasteiger partial charge in [-0.2, -0.15) is 0 Å². The maximum absolute atomic E-state index is 12.5. The van der Waals surface area contributed by atoms with Crippen molar-refractivity contribution in [1.29, 1.82) is 0 Å². The van der Waals surface area contributed by atoms with Crippen molar-refractivity contribution in [1.82, 2.24) is 0 Å². The number of nitrogens with two attached hydrogens (primary N) is 1. The summed E-state index contributed by atoms with van der Waals surface area (Å²) in [7, 11) is -1.44. The molecule has 2 aromatic rings. The highest BCUT2D eigenvalue weighted by Gasteiger charge is 2.23. The SMILES string of the molecule is CC(C(=O)Nc1cccc(N)c1)S(=O)c1ccccc1Br. The van der Waals surface area contributed by atoms with E-state index < -0.39 is 16.0 Å². The second-order valence-electron chi connectivity index (χ2n) is 4.48. The van der Waals surface area contributed by atoms with Crippen LogP contribution in [0.15, 0.2) is 57.9 Å². The number of hydrogen-bond donors (Lipinski definition) is 2. The number of rotatable bonds is 4. The zero-order valence-electron chi connectivity index (χ0n) is 11.4. The molecule has 21 heavy (non-hydrogen) atoms. The Balaban J connectivity index is 2.12. The van der Waals surface area contributed by atoms with E-state index >= 15 is 0 Å². The fourth-order valence-corrected chi connectivity index (χ4v) is 3.63. The van der Waals surface area contributed by atoms with Gasteiger partial charge >= 0.3 is 0 Å². The van der Waals surface area contributed by atoms with Gasteiger partial charge in [-0.1, -0.05) is 18.2 Å². The van der Waals surface area contributed by atoms with E-state index in [2.05, 4.69) is 21.2 Å². The first-order chi connectivity index (χ1) is 9.99. The molecular formula is C15H15BrN2O2S. The average Bonchev–Trinajstić information content (AvgIpc) is 2.46. The number of nitrogens with one attached hydrogen (secondary N) is 1. The van der Waals surface area contributed by atoms with Gasteiger partial charge in [-0.25, -0.2) is 0 Å². The lowest BCUT2D eigenvalue weighted by Gasteiger charge is -2.13. The lowest BCUT2D eigenvalue weighted by atomic mass is 10.3. The normalized spacial score (nSPS) is 13.4. The van der Waals surface area contributed by atoms with Crippen LogP contribution in [0.4, 0.5) is 11.4 Å². The number of anilines is 2. The molecular weight excluding hydrogens is 352 g/mol. The maximum atomic E-state index is 12.5. The monoisotopic (exact) mass is 366 g/mol. The van der Waals surface area contributed by atoms with Crippen molar-refractivity contribution in [2.24, 2.45) is 0 Å². The van der Waals surface area contributed by atoms with Crippen molar-refractivity contribution in [3.05, 3.63) is 53.0 Å². The molecule has 0 saturated carbocycles. The van der Waals surface area contributed by atoms with E-state index in [4.69, 9.17) is 5.73 Å². The number of hydrogen-bond acceptors (Lipinski definition) is 3. The molecule has 1 amide bonds. The van der Waals surface area contributed by atoms with E-state index in [1.54, 1.807) is 49.4 Å². The van der Waals surface area contributed by atoms with Gasteiger partial charge in [-0.15, -0.1) is 0 Å². The number of halogens is 1. The summed E-state index contributed by atoms with van der Waals surface area (Å²) in [4.78, 5) is 12.8. The standard InChI is InChI=1S/C15H15BrN2O2S/c1-10(21(20)14-8-3-2-7-13(14)16)15(19)18-12-6-4-5-11(17)9-12/h2-10H,17H2,1H3,(H,18,19). The number of amides is 1. The number of nitrogen functional groups attached to an aromatic ring is 1. The molecule has 0 saturated heterocycles. The number of carbonyl (C=O) groups excluding carboxylic acids is 1. The van der Waals surface area contributed by atoms with Crippen molar-refractivity contribution in [2.45, 2.75) is 17.1 Å². The molecule has 0 aliphatic carbocycles. The van der Waals surface area contributed by atoms with E-state index in [1.165, 1.54) is 0 Å². The lowest BCUT2D eigenvalue weighted by Crippen LogP contribution is -2.29. The Bertz CT molecular complexity index is 691. The third-order valence-electron chi connectivity index (χ3n) is 2.90. The minimum atomic E-state index is -1.44. The van der Waals surface area contributed by atoms with Gasteiger partial charge in [0.2, 0.25) is 5.91 Å². The molecule has 0 bridgehead atoms. The van der Waals surface area contributed by atoms with Crippen molar-refractivity contribution in [3.63, 3.8) is 0 Å². The summed E-state index contributed by atoms with van der Waals surface area (Å²) in [5.74, 6) is -0.310. The van der Waals surface area contributed by atoms with Crippen LogP contribution in [0.3, 0.4) is 0 Å². The van der Waals surface area contributed by atoms with Crippen LogP contribution >= 0.6 is 15.9 Å². The van der Waals surface area contributed by atoms with Crippen LogP contribution < -0.4 is 11.1 Å². The van der Waals surface area contributed by atoms with E-state index in [1.807, 2.05) is 6.07 Å². The first-order valence-electron chi connectivity index (χ1n) is 6.30. The van der Waals surface area contributed by atoms with Crippen LogP contribution in [-0.4, -0.2) is 15.4 Å². The Morgan fingerprint density at radius 1 is 1.24 bits per heavy atom. The van der Waals surface area contributed by atoms with Crippen LogP contribution in [0.2, 0.25) is 0 Å². The molecule has 0 fully saturated rings. The van der Waals surface area contributed by atoms with Crippen molar-refractivity contribution >= 4 is 44.0 Å². The third-order valence-corrected chi connectivity index (χ3v) is 5.50. The molecule has 2 atom stereocenters. The van der Waals surface area contributed by atoms with E-state index in [-0.39, 0.29) is 5.91 Å². The van der Waals surface area contributed by atoms with Gasteiger partial charge in [0.1, 0.15) is 5.25 Å². The molecule has 2 rings (SSSR count). The molecule has 0 spiro atoms. The summed E-state index contributed by atoms with van der Waals surface area (Å²) in [6.45, 7) is 1.64. The molecule has 0 heterocycles. The van der Waals surface area contributed by atoms with E-state index in [9.17, 15) is 9.00 Å². The summed E-state index contributed by atoms with van der Waals surface area (Å²) >= 11 is 3.35. The topological polar surface area (TPSA) is 72.2 Å². The van der Waals surface area contributed by atoms with Crippen LogP contribution in [-0.2, 0) is 15.6 Å². The predicted molar refractivity (Wildman–Crippen MR) is 89.5 cm³/mol. The molecule has 0 aromatic heterocycles. The molecule has 110 valence electrons. The fraction of sp³-hybridized carbons (Fsp3) is 0.133. The molecule has 0 radical (unpaired) electrons. The van der Waals surface area contributed by atoms with Gasteiger partial charge in [0.05, 0.1) is 15.7 Å². The van der Waals surface area contributed by atoms with Gasteiger partial charge in [-0.3, -0.25) is 9.00 Å². The molecule has 0 aliphatic rings. The van der Waals surface area contributed by atoms with Crippen LogP contribution in [0, 0.1) is 0 Å². The highest BCUT2D eigenvalue weighted by molar-refractivity contribution is 9.10. The minimum Gasteiger partial charge on any atom is -0.399 e. The van der Waals surface area contributed by atoms with Crippen molar-refractivity contribution in [3.8, 4) is 0 Å². The Hall–Kier alpha value is -1.66. The summed E-state index contributed by atoms with van der Waals surface area (Å²) in [5, 5.41) is 2.05. The summed E-state index contributed by atoms with van der Waals surface area (Å²) in [5.41, 5.74) is 6.82. The van der Waals surface area contributed by atoms with Gasteiger partial charge < -0.3 is 11.1 Å². The number of benzene rings is 2. The molecule has 3 N–H and O–H groups in total.